The van der Waals surface area contributed by atoms with Gasteiger partial charge in [0.2, 0.25) is 5.91 Å². The average molecular weight is 280 g/mol. The smallest absolute Gasteiger partial charge is 0.264 e. The molecule has 0 aromatic heterocycles. The van der Waals surface area contributed by atoms with Crippen LogP contribution in [-0.4, -0.2) is 29.1 Å². The summed E-state index contributed by atoms with van der Waals surface area (Å²) in [6.45, 7) is 7.47. The van der Waals surface area contributed by atoms with Gasteiger partial charge in [-0.05, 0) is 38.2 Å². The summed E-state index contributed by atoms with van der Waals surface area (Å²) in [6, 6.07) is 7.23. The van der Waals surface area contributed by atoms with E-state index < -0.39 is 0 Å². The Morgan fingerprint density at radius 2 is 2.00 bits per heavy atom. The summed E-state index contributed by atoms with van der Waals surface area (Å²) in [7, 11) is 0. The zero-order valence-electron chi connectivity index (χ0n) is 11.6. The van der Waals surface area contributed by atoms with Crippen LogP contribution in [0.3, 0.4) is 0 Å². The Balaban J connectivity index is 2.71. The first-order valence-corrected chi connectivity index (χ1v) is 6.88. The first-order valence-electron chi connectivity index (χ1n) is 6.47. The lowest BCUT2D eigenvalue weighted by Gasteiger charge is -2.21. The Morgan fingerprint density at radius 1 is 1.32 bits per heavy atom. The van der Waals surface area contributed by atoms with Crippen LogP contribution in [0, 0.1) is 0 Å². The van der Waals surface area contributed by atoms with Crippen LogP contribution in [0.2, 0.25) is 0 Å². The van der Waals surface area contributed by atoms with Gasteiger partial charge in [-0.3, -0.25) is 4.79 Å². The Hall–Kier alpha value is -1.62. The van der Waals surface area contributed by atoms with Gasteiger partial charge < -0.3 is 15.0 Å². The SMILES string of the molecule is CCC(=O)Nc1cccc(OC(=S)N(CC)CC)c1. The zero-order valence-corrected chi connectivity index (χ0v) is 12.4. The van der Waals surface area contributed by atoms with E-state index in [4.69, 9.17) is 17.0 Å². The molecule has 0 saturated carbocycles. The van der Waals surface area contributed by atoms with Crippen LogP contribution in [0.4, 0.5) is 5.69 Å². The van der Waals surface area contributed by atoms with Crippen LogP contribution in [0.1, 0.15) is 27.2 Å². The predicted octanol–water partition coefficient (Wildman–Crippen LogP) is 3.04. The van der Waals surface area contributed by atoms with Crippen molar-refractivity contribution in [3.05, 3.63) is 24.3 Å². The van der Waals surface area contributed by atoms with Crippen molar-refractivity contribution in [2.75, 3.05) is 18.4 Å². The molecule has 1 aromatic carbocycles. The fourth-order valence-electron chi connectivity index (χ4n) is 1.53. The lowest BCUT2D eigenvalue weighted by atomic mass is 10.3. The number of rotatable bonds is 5. The minimum atomic E-state index is -0.0246. The molecule has 1 N–H and O–H groups in total. The third kappa shape index (κ3) is 4.87. The van der Waals surface area contributed by atoms with Gasteiger partial charge in [-0.2, -0.15) is 0 Å². The van der Waals surface area contributed by atoms with Crippen molar-refractivity contribution in [3.63, 3.8) is 0 Å². The minimum absolute atomic E-state index is 0.0246. The first kappa shape index (κ1) is 15.4. The maximum absolute atomic E-state index is 11.3. The fraction of sp³-hybridized carbons (Fsp3) is 0.429. The molecular weight excluding hydrogens is 260 g/mol. The van der Waals surface area contributed by atoms with E-state index in [2.05, 4.69) is 5.32 Å². The molecule has 0 fully saturated rings. The van der Waals surface area contributed by atoms with Crippen LogP contribution >= 0.6 is 12.2 Å². The summed E-state index contributed by atoms with van der Waals surface area (Å²) >= 11 is 5.23. The molecular formula is C14H20N2O2S. The molecule has 0 aliphatic carbocycles. The van der Waals surface area contributed by atoms with Crippen molar-refractivity contribution in [3.8, 4) is 5.75 Å². The molecule has 0 unspecified atom stereocenters. The van der Waals surface area contributed by atoms with Crippen LogP contribution < -0.4 is 10.1 Å². The molecule has 1 rings (SSSR count). The zero-order chi connectivity index (χ0) is 14.3. The largest absolute Gasteiger partial charge is 0.432 e. The van der Waals surface area contributed by atoms with Gasteiger partial charge in [0.05, 0.1) is 0 Å². The number of nitrogens with one attached hydrogen (secondary N) is 1. The van der Waals surface area contributed by atoms with Crippen molar-refractivity contribution in [1.82, 2.24) is 4.90 Å². The molecule has 1 amide bonds. The highest BCUT2D eigenvalue weighted by molar-refractivity contribution is 7.80. The monoisotopic (exact) mass is 280 g/mol. The lowest BCUT2D eigenvalue weighted by Crippen LogP contribution is -2.32. The third-order valence-electron chi connectivity index (χ3n) is 2.67. The third-order valence-corrected chi connectivity index (χ3v) is 3.01. The van der Waals surface area contributed by atoms with E-state index in [1.807, 2.05) is 43.9 Å². The number of anilines is 1. The molecule has 104 valence electrons. The number of ether oxygens (including phenoxy) is 1. The topological polar surface area (TPSA) is 41.6 Å². The summed E-state index contributed by atoms with van der Waals surface area (Å²) in [6.07, 6.45) is 0.447. The Morgan fingerprint density at radius 3 is 2.58 bits per heavy atom. The highest BCUT2D eigenvalue weighted by atomic mass is 32.1. The first-order chi connectivity index (χ1) is 9.10. The summed E-state index contributed by atoms with van der Waals surface area (Å²) in [4.78, 5) is 13.3. The number of hydrogen-bond donors (Lipinski definition) is 1. The van der Waals surface area contributed by atoms with E-state index in [1.54, 1.807) is 6.07 Å². The van der Waals surface area contributed by atoms with E-state index in [-0.39, 0.29) is 5.91 Å². The number of benzene rings is 1. The highest BCUT2D eigenvalue weighted by Gasteiger charge is 2.08. The van der Waals surface area contributed by atoms with Crippen molar-refractivity contribution < 1.29 is 9.53 Å². The number of hydrogen-bond acceptors (Lipinski definition) is 3. The Kier molecular flexibility index (Phi) is 6.29. The standard InChI is InChI=1S/C14H20N2O2S/c1-4-13(17)15-11-8-7-9-12(10-11)18-14(19)16(5-2)6-3/h7-10H,4-6H2,1-3H3,(H,15,17). The van der Waals surface area contributed by atoms with Gasteiger partial charge in [0.1, 0.15) is 5.75 Å². The van der Waals surface area contributed by atoms with Crippen molar-refractivity contribution in [1.29, 1.82) is 0 Å². The molecule has 0 aliphatic rings. The quantitative estimate of drug-likeness (QED) is 0.842. The number of amides is 1. The Bertz CT molecular complexity index is 445. The van der Waals surface area contributed by atoms with Crippen LogP contribution in [0.5, 0.6) is 5.75 Å². The molecule has 0 aliphatic heterocycles. The van der Waals surface area contributed by atoms with Gasteiger partial charge in [-0.1, -0.05) is 13.0 Å². The molecule has 4 nitrogen and oxygen atoms in total. The van der Waals surface area contributed by atoms with Crippen molar-refractivity contribution in [2.24, 2.45) is 0 Å². The van der Waals surface area contributed by atoms with Crippen molar-refractivity contribution >= 4 is 29.0 Å². The normalized spacial score (nSPS) is 9.84. The molecule has 0 spiro atoms. The van der Waals surface area contributed by atoms with E-state index in [9.17, 15) is 4.79 Å². The Labute approximate surface area is 119 Å². The molecule has 5 heteroatoms. The van der Waals surface area contributed by atoms with Crippen molar-refractivity contribution in [2.45, 2.75) is 27.2 Å². The lowest BCUT2D eigenvalue weighted by molar-refractivity contribution is -0.115. The molecule has 0 heterocycles. The van der Waals surface area contributed by atoms with Gasteiger partial charge in [0.25, 0.3) is 5.17 Å². The molecule has 0 bridgehead atoms. The molecule has 19 heavy (non-hydrogen) atoms. The van der Waals surface area contributed by atoms with E-state index in [0.29, 0.717) is 23.0 Å². The average Bonchev–Trinajstić information content (AvgIpc) is 2.40. The number of carbonyl (C=O) groups is 1. The van der Waals surface area contributed by atoms with Gasteiger partial charge in [-0.15, -0.1) is 0 Å². The van der Waals surface area contributed by atoms with Gasteiger partial charge in [-0.25, -0.2) is 0 Å². The number of nitrogens with zero attached hydrogens (tertiary/aromatic N) is 1. The van der Waals surface area contributed by atoms with Crippen LogP contribution in [0.25, 0.3) is 0 Å². The van der Waals surface area contributed by atoms with Gasteiger partial charge in [0.15, 0.2) is 0 Å². The minimum Gasteiger partial charge on any atom is -0.432 e. The summed E-state index contributed by atoms with van der Waals surface area (Å²) in [5.74, 6) is 0.606. The second-order valence-electron chi connectivity index (χ2n) is 3.97. The maximum atomic E-state index is 11.3. The summed E-state index contributed by atoms with van der Waals surface area (Å²) < 4.78 is 5.62. The maximum Gasteiger partial charge on any atom is 0.264 e. The van der Waals surface area contributed by atoms with E-state index in [1.165, 1.54) is 0 Å². The highest BCUT2D eigenvalue weighted by Crippen LogP contribution is 2.18. The number of thiocarbonyl (C=S) groups is 1. The predicted molar refractivity (Wildman–Crippen MR) is 81.5 cm³/mol. The van der Waals surface area contributed by atoms with E-state index in [0.717, 1.165) is 13.1 Å². The van der Waals surface area contributed by atoms with Crippen LogP contribution in [0.15, 0.2) is 24.3 Å². The summed E-state index contributed by atoms with van der Waals surface area (Å²) in [5.41, 5.74) is 0.715. The van der Waals surface area contributed by atoms with E-state index >= 15 is 0 Å². The summed E-state index contributed by atoms with van der Waals surface area (Å²) in [5, 5.41) is 3.23. The molecule has 1 aromatic rings. The second kappa shape index (κ2) is 7.74. The second-order valence-corrected chi connectivity index (χ2v) is 4.32. The van der Waals surface area contributed by atoms with Crippen LogP contribution in [-0.2, 0) is 4.79 Å². The molecule has 0 atom stereocenters. The number of carbonyl (C=O) groups excluding carboxylic acids is 1. The molecule has 0 saturated heterocycles. The van der Waals surface area contributed by atoms with Gasteiger partial charge >= 0.3 is 0 Å². The molecule has 0 radical (unpaired) electrons. The fourth-order valence-corrected chi connectivity index (χ4v) is 1.89. The van der Waals surface area contributed by atoms with Gasteiger partial charge in [0, 0.05) is 31.3 Å².